The largest absolute Gasteiger partial charge is 0.292 e. The second-order valence-electron chi connectivity index (χ2n) is 11.2. The van der Waals surface area contributed by atoms with Gasteiger partial charge in [-0.05, 0) is 63.9 Å². The van der Waals surface area contributed by atoms with Crippen LogP contribution in [0.25, 0.3) is 44.3 Å². The molecule has 0 amide bonds. The number of imidazole rings is 1. The summed E-state index contributed by atoms with van der Waals surface area (Å²) in [6, 6.07) is 26.7. The summed E-state index contributed by atoms with van der Waals surface area (Å²) < 4.78 is 3.75. The molecule has 2 atom stereocenters. The molecule has 0 radical (unpaired) electrons. The molecular formula is C34H27N3S. The summed E-state index contributed by atoms with van der Waals surface area (Å²) in [6.45, 7) is 7.08. The number of aromatic nitrogens is 3. The first-order valence-corrected chi connectivity index (χ1v) is 14.1. The van der Waals surface area contributed by atoms with E-state index in [0.717, 1.165) is 16.9 Å². The van der Waals surface area contributed by atoms with Crippen molar-refractivity contribution in [2.24, 2.45) is 5.92 Å². The Morgan fingerprint density at radius 2 is 1.74 bits per heavy atom. The predicted molar refractivity (Wildman–Crippen MR) is 158 cm³/mol. The molecule has 0 spiro atoms. The van der Waals surface area contributed by atoms with Gasteiger partial charge >= 0.3 is 0 Å². The van der Waals surface area contributed by atoms with Crippen molar-refractivity contribution in [2.75, 3.05) is 0 Å². The van der Waals surface area contributed by atoms with Gasteiger partial charge < -0.3 is 0 Å². The van der Waals surface area contributed by atoms with Crippen LogP contribution < -0.4 is 0 Å². The SMILES string of the molecule is CC1C=Cc2c(sc3ccccc23)C1c1ccc2c(c1)C(C)(C)c1cccc3nc(-c4ccncc4)n-2c13. The highest BCUT2D eigenvalue weighted by molar-refractivity contribution is 7.19. The summed E-state index contributed by atoms with van der Waals surface area (Å²) in [4.78, 5) is 10.9. The van der Waals surface area contributed by atoms with E-state index in [2.05, 4.69) is 115 Å². The van der Waals surface area contributed by atoms with E-state index in [1.165, 1.54) is 48.4 Å². The lowest BCUT2D eigenvalue weighted by atomic mass is 9.72. The van der Waals surface area contributed by atoms with Crippen molar-refractivity contribution in [1.82, 2.24) is 14.5 Å². The van der Waals surface area contributed by atoms with Gasteiger partial charge in [0.25, 0.3) is 0 Å². The summed E-state index contributed by atoms with van der Waals surface area (Å²) in [5, 5.41) is 1.37. The standard InChI is InChI=1S/C34H27N3S/c1-20-11-13-24-23-7-4-5-10-29(23)38-32(24)30(20)22-12-14-28-26(19-22)34(2,3)25-8-6-9-27-31(25)37(28)33(36-27)21-15-17-35-18-16-21/h4-20,30H,1-3H3. The topological polar surface area (TPSA) is 30.7 Å². The van der Waals surface area contributed by atoms with E-state index >= 15 is 0 Å². The molecule has 8 rings (SSSR count). The maximum Gasteiger partial charge on any atom is 0.145 e. The molecule has 2 unspecified atom stereocenters. The molecule has 1 aliphatic carbocycles. The lowest BCUT2D eigenvalue weighted by molar-refractivity contribution is 0.609. The molecule has 0 bridgehead atoms. The first-order valence-electron chi connectivity index (χ1n) is 13.3. The predicted octanol–water partition coefficient (Wildman–Crippen LogP) is 8.74. The smallest absolute Gasteiger partial charge is 0.145 e. The van der Waals surface area contributed by atoms with Crippen LogP contribution in [-0.4, -0.2) is 14.5 Å². The van der Waals surface area contributed by atoms with Gasteiger partial charge in [0.1, 0.15) is 5.82 Å². The van der Waals surface area contributed by atoms with E-state index in [1.807, 2.05) is 23.7 Å². The molecule has 3 aromatic carbocycles. The number of para-hydroxylation sites is 1. The van der Waals surface area contributed by atoms with Crippen molar-refractivity contribution >= 4 is 38.5 Å². The molecule has 1 aliphatic heterocycles. The van der Waals surface area contributed by atoms with Crippen molar-refractivity contribution < 1.29 is 0 Å². The van der Waals surface area contributed by atoms with E-state index in [4.69, 9.17) is 4.98 Å². The lowest BCUT2D eigenvalue weighted by Gasteiger charge is -2.36. The molecule has 0 saturated heterocycles. The number of rotatable bonds is 2. The second-order valence-corrected chi connectivity index (χ2v) is 12.2. The fourth-order valence-electron chi connectivity index (χ4n) is 6.69. The molecule has 184 valence electrons. The van der Waals surface area contributed by atoms with E-state index in [0.29, 0.717) is 11.8 Å². The minimum atomic E-state index is -0.146. The van der Waals surface area contributed by atoms with E-state index < -0.39 is 0 Å². The zero-order valence-electron chi connectivity index (χ0n) is 21.6. The van der Waals surface area contributed by atoms with Crippen molar-refractivity contribution in [1.29, 1.82) is 0 Å². The van der Waals surface area contributed by atoms with E-state index in [9.17, 15) is 0 Å². The quantitative estimate of drug-likeness (QED) is 0.234. The molecule has 3 nitrogen and oxygen atoms in total. The minimum Gasteiger partial charge on any atom is -0.292 e. The number of fused-ring (bicyclic) bond motifs is 5. The number of pyridine rings is 1. The summed E-state index contributed by atoms with van der Waals surface area (Å²) in [5.41, 5.74) is 9.88. The highest BCUT2D eigenvalue weighted by Crippen LogP contribution is 2.50. The van der Waals surface area contributed by atoms with Gasteiger partial charge in [0, 0.05) is 38.9 Å². The van der Waals surface area contributed by atoms with Gasteiger partial charge in [0.05, 0.1) is 16.7 Å². The van der Waals surface area contributed by atoms with Crippen LogP contribution in [-0.2, 0) is 5.41 Å². The summed E-state index contributed by atoms with van der Waals surface area (Å²) in [6.07, 6.45) is 8.44. The average molecular weight is 510 g/mol. The van der Waals surface area contributed by atoms with Gasteiger partial charge in [-0.3, -0.25) is 9.55 Å². The third kappa shape index (κ3) is 2.89. The van der Waals surface area contributed by atoms with Crippen molar-refractivity contribution in [3.63, 3.8) is 0 Å². The minimum absolute atomic E-state index is 0.146. The van der Waals surface area contributed by atoms with Crippen molar-refractivity contribution in [3.05, 3.63) is 118 Å². The molecule has 3 aromatic heterocycles. The van der Waals surface area contributed by atoms with Gasteiger partial charge in [-0.2, -0.15) is 0 Å². The van der Waals surface area contributed by atoms with Crippen LogP contribution in [0.3, 0.4) is 0 Å². The summed E-state index contributed by atoms with van der Waals surface area (Å²) >= 11 is 1.96. The van der Waals surface area contributed by atoms with Gasteiger partial charge in [0.2, 0.25) is 0 Å². The fraction of sp³-hybridized carbons (Fsp3) is 0.176. The Kier molecular flexibility index (Phi) is 4.49. The van der Waals surface area contributed by atoms with Crippen LogP contribution in [0.15, 0.2) is 91.3 Å². The third-order valence-electron chi connectivity index (χ3n) is 8.62. The number of benzene rings is 3. The number of thiophene rings is 1. The fourth-order valence-corrected chi connectivity index (χ4v) is 8.13. The third-order valence-corrected chi connectivity index (χ3v) is 9.89. The highest BCUT2D eigenvalue weighted by Gasteiger charge is 2.37. The molecular weight excluding hydrogens is 482 g/mol. The zero-order chi connectivity index (χ0) is 25.6. The monoisotopic (exact) mass is 509 g/mol. The number of allylic oxidation sites excluding steroid dienone is 1. The molecule has 4 heteroatoms. The summed E-state index contributed by atoms with van der Waals surface area (Å²) in [5.74, 6) is 1.74. The van der Waals surface area contributed by atoms with Crippen molar-refractivity contribution in [3.8, 4) is 17.1 Å². The van der Waals surface area contributed by atoms with Crippen molar-refractivity contribution in [2.45, 2.75) is 32.1 Å². The Morgan fingerprint density at radius 3 is 2.61 bits per heavy atom. The Bertz CT molecular complexity index is 1920. The van der Waals surface area contributed by atoms with Crippen LogP contribution in [0.4, 0.5) is 0 Å². The number of hydrogen-bond acceptors (Lipinski definition) is 3. The first-order chi connectivity index (χ1) is 18.5. The van der Waals surface area contributed by atoms with Crippen LogP contribution in [0.1, 0.15) is 53.8 Å². The first kappa shape index (κ1) is 22.0. The van der Waals surface area contributed by atoms with Gasteiger partial charge in [-0.1, -0.05) is 75.4 Å². The molecule has 4 heterocycles. The maximum absolute atomic E-state index is 5.13. The Hall–Kier alpha value is -4.02. The molecule has 2 aliphatic rings. The Labute approximate surface area is 226 Å². The van der Waals surface area contributed by atoms with Crippen LogP contribution >= 0.6 is 11.3 Å². The molecule has 0 N–H and O–H groups in total. The molecule has 6 aromatic rings. The highest BCUT2D eigenvalue weighted by atomic mass is 32.1. The Balaban J connectivity index is 1.37. The van der Waals surface area contributed by atoms with E-state index in [1.54, 1.807) is 0 Å². The van der Waals surface area contributed by atoms with Crippen LogP contribution in [0, 0.1) is 5.92 Å². The molecule has 38 heavy (non-hydrogen) atoms. The maximum atomic E-state index is 5.13. The second kappa shape index (κ2) is 7.75. The van der Waals surface area contributed by atoms with Crippen LogP contribution in [0.2, 0.25) is 0 Å². The lowest BCUT2D eigenvalue weighted by Crippen LogP contribution is -2.27. The van der Waals surface area contributed by atoms with Gasteiger partial charge in [0.15, 0.2) is 0 Å². The molecule has 0 saturated carbocycles. The summed E-state index contributed by atoms with van der Waals surface area (Å²) in [7, 11) is 0. The number of nitrogens with zero attached hydrogens (tertiary/aromatic N) is 3. The van der Waals surface area contributed by atoms with E-state index in [-0.39, 0.29) is 5.41 Å². The number of hydrogen-bond donors (Lipinski definition) is 0. The average Bonchev–Trinajstić information content (AvgIpc) is 3.51. The van der Waals surface area contributed by atoms with Gasteiger partial charge in [-0.15, -0.1) is 11.3 Å². The van der Waals surface area contributed by atoms with Gasteiger partial charge in [-0.25, -0.2) is 4.98 Å². The van der Waals surface area contributed by atoms with Crippen LogP contribution in [0.5, 0.6) is 0 Å². The Morgan fingerprint density at radius 1 is 0.895 bits per heavy atom. The zero-order valence-corrected chi connectivity index (χ0v) is 22.5. The molecule has 0 fully saturated rings. The normalized spacial score (nSPS) is 19.0.